The zero-order valence-corrected chi connectivity index (χ0v) is 20.9. The smallest absolute Gasteiger partial charge is 0.307 e. The van der Waals surface area contributed by atoms with Crippen molar-refractivity contribution in [2.45, 2.75) is 19.3 Å². The lowest BCUT2D eigenvalue weighted by molar-refractivity contribution is -0.141. The van der Waals surface area contributed by atoms with Crippen molar-refractivity contribution in [1.82, 2.24) is 4.98 Å². The summed E-state index contributed by atoms with van der Waals surface area (Å²) in [6.07, 6.45) is 2.54. The average Bonchev–Trinajstić information content (AvgIpc) is 2.80. The first-order valence-electron chi connectivity index (χ1n) is 10.5. The van der Waals surface area contributed by atoms with Gasteiger partial charge < -0.3 is 15.2 Å². The Morgan fingerprint density at radius 3 is 2.32 bits per heavy atom. The number of carbonyl (C=O) groups excluding carboxylic acids is 1. The van der Waals surface area contributed by atoms with Crippen molar-refractivity contribution in [3.05, 3.63) is 88.0 Å². The van der Waals surface area contributed by atoms with Gasteiger partial charge in [-0.1, -0.05) is 47.5 Å². The van der Waals surface area contributed by atoms with Gasteiger partial charge in [0.25, 0.3) is 0 Å². The molecular formula is C25H26Cl2N2O4S. The number of carbonyl (C=O) groups is 2. The van der Waals surface area contributed by atoms with Gasteiger partial charge in [-0.15, -0.1) is 0 Å². The Kier molecular flexibility index (Phi) is 11.2. The van der Waals surface area contributed by atoms with E-state index in [1.54, 1.807) is 36.5 Å². The number of halogens is 2. The van der Waals surface area contributed by atoms with E-state index >= 15 is 0 Å². The molecule has 9 heteroatoms. The Morgan fingerprint density at radius 2 is 1.71 bits per heavy atom. The Morgan fingerprint density at radius 1 is 1.00 bits per heavy atom. The molecule has 1 atom stereocenters. The van der Waals surface area contributed by atoms with Crippen LogP contribution in [0.1, 0.15) is 28.8 Å². The van der Waals surface area contributed by atoms with E-state index in [9.17, 15) is 14.7 Å². The summed E-state index contributed by atoms with van der Waals surface area (Å²) >= 11 is 12.2. The van der Waals surface area contributed by atoms with Gasteiger partial charge in [0.05, 0.1) is 28.1 Å². The van der Waals surface area contributed by atoms with Crippen LogP contribution in [0.15, 0.2) is 66.9 Å². The minimum Gasteiger partial charge on any atom is -0.494 e. The molecule has 0 aliphatic carbocycles. The lowest BCUT2D eigenvalue weighted by atomic mass is 9.92. The number of hydrogen-bond acceptors (Lipinski definition) is 5. The first-order valence-corrected chi connectivity index (χ1v) is 11.3. The highest BCUT2D eigenvalue weighted by Crippen LogP contribution is 2.27. The first-order chi connectivity index (χ1) is 15.9. The highest BCUT2D eigenvalue weighted by atomic mass is 35.5. The second-order valence-electron chi connectivity index (χ2n) is 7.45. The maximum atomic E-state index is 12.6. The molecule has 180 valence electrons. The lowest BCUT2D eigenvalue weighted by Crippen LogP contribution is -2.21. The summed E-state index contributed by atoms with van der Waals surface area (Å²) in [5.41, 5.74) is 0.956. The van der Waals surface area contributed by atoms with E-state index in [1.807, 2.05) is 30.3 Å². The molecule has 0 spiro atoms. The topological polar surface area (TPSA) is 88.5 Å². The predicted molar refractivity (Wildman–Crippen MR) is 140 cm³/mol. The first kappa shape index (κ1) is 27.5. The summed E-state index contributed by atoms with van der Waals surface area (Å²) in [4.78, 5) is 28.6. The minimum atomic E-state index is -1.05. The van der Waals surface area contributed by atoms with Crippen LogP contribution in [0.2, 0.25) is 10.0 Å². The van der Waals surface area contributed by atoms with Crippen molar-refractivity contribution in [1.29, 1.82) is 0 Å². The largest absolute Gasteiger partial charge is 0.494 e. The molecule has 1 aromatic heterocycles. The van der Waals surface area contributed by atoms with Crippen LogP contribution in [0, 0.1) is 5.92 Å². The van der Waals surface area contributed by atoms with Crippen LogP contribution in [0.5, 0.6) is 5.75 Å². The second-order valence-corrected chi connectivity index (χ2v) is 8.27. The van der Waals surface area contributed by atoms with E-state index in [-0.39, 0.29) is 41.9 Å². The Balaban J connectivity index is 0.00000408. The van der Waals surface area contributed by atoms with Crippen LogP contribution >= 0.6 is 36.7 Å². The number of rotatable bonds is 12. The van der Waals surface area contributed by atoms with Crippen LogP contribution in [-0.4, -0.2) is 35.0 Å². The van der Waals surface area contributed by atoms with Crippen LogP contribution in [0.4, 0.5) is 5.82 Å². The predicted octanol–water partition coefficient (Wildman–Crippen LogP) is 5.90. The van der Waals surface area contributed by atoms with Gasteiger partial charge >= 0.3 is 5.97 Å². The van der Waals surface area contributed by atoms with Crippen LogP contribution in [0.3, 0.4) is 0 Å². The number of carboxylic acid groups (broad SMARTS) is 1. The molecule has 0 saturated carbocycles. The van der Waals surface area contributed by atoms with Gasteiger partial charge in [-0.3, -0.25) is 9.59 Å². The molecule has 0 fully saturated rings. The van der Waals surface area contributed by atoms with Crippen molar-refractivity contribution in [3.8, 4) is 5.75 Å². The summed E-state index contributed by atoms with van der Waals surface area (Å²) in [6.45, 7) is 1.27. The number of nitrogens with one attached hydrogen (secondary N) is 1. The SMILES string of the molecule is O=C(CC(Cc1ccc(OCCCNc2ccccn2)cc1)C(=O)O)c1c(Cl)cccc1Cl.S. The van der Waals surface area contributed by atoms with Gasteiger partial charge in [0.15, 0.2) is 5.78 Å². The van der Waals surface area contributed by atoms with E-state index in [0.29, 0.717) is 12.4 Å². The summed E-state index contributed by atoms with van der Waals surface area (Å²) in [5, 5.41) is 13.3. The molecule has 3 rings (SSSR count). The standard InChI is InChI=1S/C25H24Cl2N2O4.H2S/c26-20-5-3-6-21(27)24(20)22(30)16-18(25(31)32)15-17-8-10-19(11-9-17)33-14-4-13-29-23-7-1-2-12-28-23;/h1-3,5-12,18H,4,13-16H2,(H,28,29)(H,31,32);1H2. The maximum absolute atomic E-state index is 12.6. The quantitative estimate of drug-likeness (QED) is 0.228. The highest BCUT2D eigenvalue weighted by molar-refractivity contribution is 7.59. The molecule has 34 heavy (non-hydrogen) atoms. The van der Waals surface area contributed by atoms with E-state index in [2.05, 4.69) is 10.3 Å². The number of anilines is 1. The lowest BCUT2D eigenvalue weighted by Gasteiger charge is -2.14. The molecule has 0 amide bonds. The summed E-state index contributed by atoms with van der Waals surface area (Å²) in [6, 6.07) is 17.7. The van der Waals surface area contributed by atoms with Crippen molar-refractivity contribution < 1.29 is 19.4 Å². The number of hydrogen-bond donors (Lipinski definition) is 2. The van der Waals surface area contributed by atoms with Crippen molar-refractivity contribution >= 4 is 54.3 Å². The number of ketones is 1. The second kappa shape index (κ2) is 13.8. The molecule has 0 bridgehead atoms. The molecule has 1 unspecified atom stereocenters. The van der Waals surface area contributed by atoms with Gasteiger partial charge in [-0.25, -0.2) is 4.98 Å². The molecular weight excluding hydrogens is 495 g/mol. The van der Waals surface area contributed by atoms with Gasteiger partial charge in [0.1, 0.15) is 11.6 Å². The van der Waals surface area contributed by atoms with Gasteiger partial charge in [0, 0.05) is 19.2 Å². The minimum absolute atomic E-state index is 0. The fraction of sp³-hybridized carbons (Fsp3) is 0.240. The van der Waals surface area contributed by atoms with E-state index in [4.69, 9.17) is 27.9 Å². The molecule has 0 aliphatic heterocycles. The number of pyridine rings is 1. The highest BCUT2D eigenvalue weighted by Gasteiger charge is 2.25. The number of carboxylic acids is 1. The monoisotopic (exact) mass is 520 g/mol. The Bertz CT molecular complexity index is 1060. The van der Waals surface area contributed by atoms with Crippen molar-refractivity contribution in [2.24, 2.45) is 5.92 Å². The molecule has 1 heterocycles. The number of ether oxygens (including phenoxy) is 1. The van der Waals surface area contributed by atoms with Crippen molar-refractivity contribution in [3.63, 3.8) is 0 Å². The fourth-order valence-corrected chi connectivity index (χ4v) is 3.90. The van der Waals surface area contributed by atoms with E-state index < -0.39 is 17.7 Å². The third-order valence-corrected chi connectivity index (χ3v) is 5.62. The van der Waals surface area contributed by atoms with Crippen molar-refractivity contribution in [2.75, 3.05) is 18.5 Å². The zero-order chi connectivity index (χ0) is 23.6. The Hall–Kier alpha value is -2.74. The van der Waals surface area contributed by atoms with E-state index in [1.165, 1.54) is 0 Å². The normalized spacial score (nSPS) is 11.2. The molecule has 0 aliphatic rings. The number of Topliss-reactive ketones (excluding diaryl/α,β-unsaturated/α-hetero) is 1. The molecule has 2 N–H and O–H groups in total. The Labute approximate surface area is 215 Å². The van der Waals surface area contributed by atoms with Gasteiger partial charge in [-0.2, -0.15) is 13.5 Å². The summed E-state index contributed by atoms with van der Waals surface area (Å²) in [7, 11) is 0. The van der Waals surface area contributed by atoms with E-state index in [0.717, 1.165) is 24.3 Å². The van der Waals surface area contributed by atoms with Crippen LogP contribution < -0.4 is 10.1 Å². The molecule has 2 aromatic carbocycles. The number of aliphatic carboxylic acids is 1. The molecule has 0 radical (unpaired) electrons. The molecule has 3 aromatic rings. The fourth-order valence-electron chi connectivity index (χ4n) is 3.29. The van der Waals surface area contributed by atoms with Crippen LogP contribution in [-0.2, 0) is 11.2 Å². The number of aromatic nitrogens is 1. The molecule has 6 nitrogen and oxygen atoms in total. The average molecular weight is 521 g/mol. The summed E-state index contributed by atoms with van der Waals surface area (Å²) < 4.78 is 5.74. The third kappa shape index (κ3) is 8.24. The number of benzene rings is 2. The zero-order valence-electron chi connectivity index (χ0n) is 18.3. The van der Waals surface area contributed by atoms with Crippen LogP contribution in [0.25, 0.3) is 0 Å². The van der Waals surface area contributed by atoms with Gasteiger partial charge in [0.2, 0.25) is 0 Å². The maximum Gasteiger partial charge on any atom is 0.307 e. The number of nitrogens with zero attached hydrogens (tertiary/aromatic N) is 1. The summed E-state index contributed by atoms with van der Waals surface area (Å²) in [5.74, 6) is -0.814. The molecule has 0 saturated heterocycles. The third-order valence-electron chi connectivity index (χ3n) is 4.99. The van der Waals surface area contributed by atoms with Gasteiger partial charge in [-0.05, 0) is 54.8 Å².